The lowest BCUT2D eigenvalue weighted by molar-refractivity contribution is 0.144. The van der Waals surface area contributed by atoms with Gasteiger partial charge >= 0.3 is 6.16 Å². The van der Waals surface area contributed by atoms with E-state index in [1.807, 2.05) is 30.3 Å². The van der Waals surface area contributed by atoms with E-state index < -0.39 is 12.3 Å². The van der Waals surface area contributed by atoms with E-state index in [-0.39, 0.29) is 23.8 Å². The van der Waals surface area contributed by atoms with Gasteiger partial charge in [0.1, 0.15) is 0 Å². The second-order valence-corrected chi connectivity index (χ2v) is 9.48. The van der Waals surface area contributed by atoms with Crippen LogP contribution in [-0.2, 0) is 12.8 Å². The summed E-state index contributed by atoms with van der Waals surface area (Å²) in [5.74, 6) is 6.42. The smallest absolute Gasteiger partial charge is 0.449 e. The molecule has 1 aromatic carbocycles. The van der Waals surface area contributed by atoms with Crippen LogP contribution >= 0.6 is 22.9 Å². The fourth-order valence-electron chi connectivity index (χ4n) is 4.03. The summed E-state index contributed by atoms with van der Waals surface area (Å²) in [5.41, 5.74) is 2.05. The highest BCUT2D eigenvalue weighted by Gasteiger charge is 2.40. The number of aryl methyl sites for hydroxylation is 2. The largest absolute Gasteiger partial charge is 0.512 e. The molecular formula is C24H27ClO5S. The SMILES string of the molecule is O=C(O)Oc1ccc(CCC[C@@H]2C(C#Cc3cccc(CCCO)c3)C(O)C[C@H]2Cl)s1. The van der Waals surface area contributed by atoms with Gasteiger partial charge in [0.25, 0.3) is 0 Å². The van der Waals surface area contributed by atoms with Crippen molar-refractivity contribution in [3.63, 3.8) is 0 Å². The van der Waals surface area contributed by atoms with Crippen LogP contribution < -0.4 is 4.74 Å². The first kappa shape index (κ1) is 23.6. The van der Waals surface area contributed by atoms with Crippen LogP contribution in [0.15, 0.2) is 36.4 Å². The van der Waals surface area contributed by atoms with Gasteiger partial charge in [0.15, 0.2) is 5.06 Å². The molecule has 7 heteroatoms. The Balaban J connectivity index is 1.59. The molecule has 166 valence electrons. The fraction of sp³-hybridized carbons (Fsp3) is 0.458. The van der Waals surface area contributed by atoms with Gasteiger partial charge in [-0.1, -0.05) is 24.0 Å². The first-order valence-electron chi connectivity index (χ1n) is 10.5. The quantitative estimate of drug-likeness (QED) is 0.300. The fourth-order valence-corrected chi connectivity index (χ4v) is 5.38. The number of halogens is 1. The van der Waals surface area contributed by atoms with Gasteiger partial charge in [0.05, 0.1) is 12.0 Å². The van der Waals surface area contributed by atoms with Crippen molar-refractivity contribution in [3.05, 3.63) is 52.4 Å². The van der Waals surface area contributed by atoms with Crippen molar-refractivity contribution >= 4 is 29.1 Å². The van der Waals surface area contributed by atoms with E-state index in [0.29, 0.717) is 11.5 Å². The highest BCUT2D eigenvalue weighted by molar-refractivity contribution is 7.13. The normalized spacial score (nSPS) is 22.7. The van der Waals surface area contributed by atoms with Crippen LogP contribution in [0.1, 0.15) is 41.7 Å². The lowest BCUT2D eigenvalue weighted by Crippen LogP contribution is -2.19. The monoisotopic (exact) mass is 462 g/mol. The van der Waals surface area contributed by atoms with Crippen molar-refractivity contribution in [2.75, 3.05) is 6.61 Å². The predicted octanol–water partition coefficient (Wildman–Crippen LogP) is 4.71. The average Bonchev–Trinajstić information content (AvgIpc) is 3.28. The Hall–Kier alpha value is -2.04. The average molecular weight is 463 g/mol. The molecule has 0 saturated heterocycles. The topological polar surface area (TPSA) is 87.0 Å². The second-order valence-electron chi connectivity index (χ2n) is 7.79. The molecule has 0 aliphatic heterocycles. The first-order chi connectivity index (χ1) is 15.0. The minimum Gasteiger partial charge on any atom is -0.449 e. The number of aliphatic hydroxyl groups is 2. The van der Waals surface area contributed by atoms with Crippen molar-refractivity contribution < 1.29 is 24.9 Å². The Labute approximate surface area is 191 Å². The lowest BCUT2D eigenvalue weighted by atomic mass is 9.90. The van der Waals surface area contributed by atoms with Crippen molar-refractivity contribution in [3.8, 4) is 16.9 Å². The summed E-state index contributed by atoms with van der Waals surface area (Å²) in [6.45, 7) is 0.169. The van der Waals surface area contributed by atoms with Crippen molar-refractivity contribution in [2.24, 2.45) is 11.8 Å². The molecule has 3 N–H and O–H groups in total. The van der Waals surface area contributed by atoms with Crippen LogP contribution in [0, 0.1) is 23.7 Å². The van der Waals surface area contributed by atoms with E-state index in [0.717, 1.165) is 48.1 Å². The summed E-state index contributed by atoms with van der Waals surface area (Å²) in [4.78, 5) is 11.7. The third kappa shape index (κ3) is 6.98. The van der Waals surface area contributed by atoms with Crippen molar-refractivity contribution in [1.29, 1.82) is 0 Å². The molecule has 0 spiro atoms. The van der Waals surface area contributed by atoms with Gasteiger partial charge in [-0.3, -0.25) is 0 Å². The molecule has 1 aliphatic carbocycles. The molecule has 2 aromatic rings. The molecule has 4 atom stereocenters. The number of hydrogen-bond donors (Lipinski definition) is 3. The predicted molar refractivity (Wildman–Crippen MR) is 122 cm³/mol. The summed E-state index contributed by atoms with van der Waals surface area (Å²) in [6, 6.07) is 11.5. The van der Waals surface area contributed by atoms with Gasteiger partial charge in [-0.2, -0.15) is 0 Å². The zero-order valence-corrected chi connectivity index (χ0v) is 18.7. The van der Waals surface area contributed by atoms with Gasteiger partial charge in [0, 0.05) is 22.4 Å². The summed E-state index contributed by atoms with van der Waals surface area (Å²) >= 11 is 7.87. The Bertz CT molecular complexity index is 931. The minimum absolute atomic E-state index is 0.108. The molecule has 1 fully saturated rings. The molecule has 1 heterocycles. The van der Waals surface area contributed by atoms with Gasteiger partial charge in [-0.05, 0) is 74.3 Å². The summed E-state index contributed by atoms with van der Waals surface area (Å²) in [5, 5.41) is 28.5. The van der Waals surface area contributed by atoms with E-state index in [2.05, 4.69) is 16.6 Å². The summed E-state index contributed by atoms with van der Waals surface area (Å²) in [7, 11) is 0. The number of rotatable bonds is 8. The van der Waals surface area contributed by atoms with Crippen LogP contribution in [-0.4, -0.2) is 39.6 Å². The number of alkyl halides is 1. The van der Waals surface area contributed by atoms with E-state index >= 15 is 0 Å². The molecule has 0 bridgehead atoms. The Morgan fingerprint density at radius 3 is 2.84 bits per heavy atom. The Kier molecular flexibility index (Phi) is 8.79. The van der Waals surface area contributed by atoms with Crippen molar-refractivity contribution in [1.82, 2.24) is 0 Å². The molecule has 1 aromatic heterocycles. The summed E-state index contributed by atoms with van der Waals surface area (Å²) < 4.78 is 4.68. The van der Waals surface area contributed by atoms with Crippen LogP contribution in [0.2, 0.25) is 0 Å². The maximum Gasteiger partial charge on any atom is 0.512 e. The van der Waals surface area contributed by atoms with Crippen LogP contribution in [0.4, 0.5) is 4.79 Å². The third-order valence-electron chi connectivity index (χ3n) is 5.53. The maximum absolute atomic E-state index is 10.6. The van der Waals surface area contributed by atoms with Crippen LogP contribution in [0.3, 0.4) is 0 Å². The Morgan fingerprint density at radius 2 is 2.06 bits per heavy atom. The number of benzene rings is 1. The first-order valence-corrected chi connectivity index (χ1v) is 11.7. The van der Waals surface area contributed by atoms with E-state index in [4.69, 9.17) is 21.8 Å². The molecule has 0 amide bonds. The number of thiophene rings is 1. The minimum atomic E-state index is -1.31. The number of carbonyl (C=O) groups is 1. The van der Waals surface area contributed by atoms with Crippen LogP contribution in [0.25, 0.3) is 0 Å². The molecule has 3 rings (SSSR count). The number of aliphatic hydroxyl groups excluding tert-OH is 2. The zero-order chi connectivity index (χ0) is 22.2. The second kappa shape index (κ2) is 11.5. The zero-order valence-electron chi connectivity index (χ0n) is 17.2. The van der Waals surface area contributed by atoms with E-state index in [9.17, 15) is 9.90 Å². The molecule has 5 nitrogen and oxygen atoms in total. The lowest BCUT2D eigenvalue weighted by Gasteiger charge is -2.18. The molecule has 1 saturated carbocycles. The number of ether oxygens (including phenoxy) is 1. The van der Waals surface area contributed by atoms with Crippen molar-refractivity contribution in [2.45, 2.75) is 50.0 Å². The molecule has 1 aliphatic rings. The number of hydrogen-bond acceptors (Lipinski definition) is 5. The third-order valence-corrected chi connectivity index (χ3v) is 7.05. The standard InChI is InChI=1S/C24H27ClO5S/c25-21-15-22(27)20(11-9-17-5-1-4-16(14-17)6-3-13-26)19(21)8-2-7-18-10-12-23(31-18)30-24(28)29/h1,4-5,10,12,14,19-22,26-27H,2-3,6-8,13,15H2,(H,28,29)/t19-,20?,21-,22?/m1/s1. The number of carboxylic acid groups (broad SMARTS) is 1. The van der Waals surface area contributed by atoms with Gasteiger partial charge in [0.2, 0.25) is 0 Å². The van der Waals surface area contributed by atoms with Gasteiger partial charge < -0.3 is 20.1 Å². The molecule has 2 unspecified atom stereocenters. The highest BCUT2D eigenvalue weighted by atomic mass is 35.5. The maximum atomic E-state index is 10.6. The Morgan fingerprint density at radius 1 is 1.23 bits per heavy atom. The van der Waals surface area contributed by atoms with Gasteiger partial charge in [-0.15, -0.1) is 22.9 Å². The van der Waals surface area contributed by atoms with E-state index in [1.165, 1.54) is 11.3 Å². The van der Waals surface area contributed by atoms with Crippen LogP contribution in [0.5, 0.6) is 5.06 Å². The highest BCUT2D eigenvalue weighted by Crippen LogP contribution is 2.39. The van der Waals surface area contributed by atoms with E-state index in [1.54, 1.807) is 6.07 Å². The summed E-state index contributed by atoms with van der Waals surface area (Å²) in [6.07, 6.45) is 2.76. The van der Waals surface area contributed by atoms with Gasteiger partial charge in [-0.25, -0.2) is 4.79 Å². The molecular weight excluding hydrogens is 436 g/mol. The molecule has 0 radical (unpaired) electrons. The molecule has 31 heavy (non-hydrogen) atoms.